The molecule has 9 nitrogen and oxygen atoms in total. The zero-order chi connectivity index (χ0) is 32.3. The number of fused-ring (bicyclic) bond motifs is 2. The lowest BCUT2D eigenvalue weighted by Gasteiger charge is -2.37. The number of aryl methyl sites for hydroxylation is 1. The van der Waals surface area contributed by atoms with Crippen LogP contribution in [0.4, 0.5) is 0 Å². The minimum absolute atomic E-state index is 0.138. The lowest BCUT2D eigenvalue weighted by molar-refractivity contribution is -0.0331. The number of nitrogens with one attached hydrogen (secondary N) is 1. The number of benzene rings is 3. The molecule has 0 radical (unpaired) electrons. The maximum atomic E-state index is 13.4. The summed E-state index contributed by atoms with van der Waals surface area (Å²) in [6.45, 7) is 12.3. The number of nitrogens with zero attached hydrogens (tertiary/aromatic N) is 3. The minimum Gasteiger partial charge on any atom is -0.340 e. The van der Waals surface area contributed by atoms with Crippen molar-refractivity contribution in [3.63, 3.8) is 0 Å². The van der Waals surface area contributed by atoms with E-state index in [2.05, 4.69) is 73.8 Å². The third kappa shape index (κ3) is 7.05. The first kappa shape index (κ1) is 33.3. The van der Waals surface area contributed by atoms with Crippen LogP contribution in [0.1, 0.15) is 58.6 Å². The molecule has 0 bridgehead atoms. The quantitative estimate of drug-likeness (QED) is 0.0979. The van der Waals surface area contributed by atoms with Crippen LogP contribution in [0.2, 0.25) is 0 Å². The molecule has 11 heteroatoms. The highest BCUT2D eigenvalue weighted by Gasteiger charge is 2.50. The second-order valence-corrected chi connectivity index (χ2v) is 14.6. The summed E-state index contributed by atoms with van der Waals surface area (Å²) in [5, 5.41) is 12.6. The summed E-state index contributed by atoms with van der Waals surface area (Å²) in [6, 6.07) is 21.3. The normalized spacial score (nSPS) is 20.9. The number of ether oxygens (including phenoxy) is 1. The molecule has 5 rings (SSSR count). The zero-order valence-electron chi connectivity index (χ0n) is 26.6. The van der Waals surface area contributed by atoms with Crippen LogP contribution < -0.4 is 11.2 Å². The summed E-state index contributed by atoms with van der Waals surface area (Å²) >= 11 is 1.52. The number of aromatic nitrogens is 2. The number of thioether (sulfide) groups is 1. The van der Waals surface area contributed by atoms with Gasteiger partial charge in [0.2, 0.25) is 0 Å². The minimum atomic E-state index is -1.53. The first-order valence-corrected chi connectivity index (χ1v) is 17.5. The van der Waals surface area contributed by atoms with Gasteiger partial charge in [-0.05, 0) is 74.7 Å². The van der Waals surface area contributed by atoms with E-state index in [-0.39, 0.29) is 25.1 Å². The Morgan fingerprint density at radius 2 is 1.73 bits per heavy atom. The third-order valence-electron chi connectivity index (χ3n) is 8.05. The van der Waals surface area contributed by atoms with Crippen LogP contribution in [0.15, 0.2) is 70.4 Å². The van der Waals surface area contributed by atoms with E-state index in [9.17, 15) is 9.59 Å². The molecule has 2 heterocycles. The standard InChI is InChI=1S/C34H41N4O5PS/c1-22(2)38(23(3)4)44(41-17-11-16-35)43-31-19-34(42-25(31)6,37-20-24(5)32(39)36-33(37)40)45-21-30-28-14-9-7-12-26(28)18-27-13-8-10-15-29(27)30/h7-10,12-15,18,20,22-23,25,31H,11,17,19,21H2,1-6H3,(H,36,39,40)/t25-,31+,34+,44?/m1/s1. The number of hydrogen-bond acceptors (Lipinski definition) is 8. The van der Waals surface area contributed by atoms with Crippen molar-refractivity contribution in [2.75, 3.05) is 6.61 Å². The molecule has 4 aromatic rings. The fourth-order valence-corrected chi connectivity index (χ4v) is 9.19. The van der Waals surface area contributed by atoms with Gasteiger partial charge in [-0.2, -0.15) is 5.26 Å². The van der Waals surface area contributed by atoms with Gasteiger partial charge in [-0.15, -0.1) is 0 Å². The summed E-state index contributed by atoms with van der Waals surface area (Å²) in [7, 11) is -1.53. The van der Waals surface area contributed by atoms with Gasteiger partial charge in [0, 0.05) is 36.0 Å². The van der Waals surface area contributed by atoms with Crippen LogP contribution in [0.3, 0.4) is 0 Å². The molecule has 238 valence electrons. The van der Waals surface area contributed by atoms with E-state index in [0.717, 1.165) is 27.1 Å². The predicted molar refractivity (Wildman–Crippen MR) is 182 cm³/mol. The Bertz CT molecular complexity index is 1760. The maximum absolute atomic E-state index is 13.4. The second kappa shape index (κ2) is 14.2. The molecule has 1 aliphatic rings. The van der Waals surface area contributed by atoms with Gasteiger partial charge in [-0.1, -0.05) is 60.3 Å². The number of rotatable bonds is 12. The van der Waals surface area contributed by atoms with E-state index < -0.39 is 37.0 Å². The monoisotopic (exact) mass is 648 g/mol. The molecule has 4 atom stereocenters. The smallest absolute Gasteiger partial charge is 0.331 e. The van der Waals surface area contributed by atoms with Crippen LogP contribution in [-0.2, 0) is 24.6 Å². The number of hydrogen-bond donors (Lipinski definition) is 1. The van der Waals surface area contributed by atoms with Crippen molar-refractivity contribution in [3.05, 3.63) is 92.8 Å². The zero-order valence-corrected chi connectivity index (χ0v) is 28.4. The summed E-state index contributed by atoms with van der Waals surface area (Å²) in [5.41, 5.74) is 0.607. The Kier molecular flexibility index (Phi) is 10.5. The van der Waals surface area contributed by atoms with Crippen LogP contribution in [0.25, 0.3) is 21.5 Å². The Morgan fingerprint density at radius 3 is 2.33 bits per heavy atom. The van der Waals surface area contributed by atoms with Gasteiger partial charge < -0.3 is 13.8 Å². The number of H-pyrrole nitrogens is 1. The van der Waals surface area contributed by atoms with Crippen molar-refractivity contribution in [1.82, 2.24) is 14.2 Å². The van der Waals surface area contributed by atoms with Gasteiger partial charge in [-0.3, -0.25) is 14.3 Å². The Hall–Kier alpha value is -3.03. The van der Waals surface area contributed by atoms with Crippen LogP contribution >= 0.6 is 20.3 Å². The van der Waals surface area contributed by atoms with Gasteiger partial charge in [0.15, 0.2) is 5.06 Å². The fraction of sp³-hybridized carbons (Fsp3) is 0.441. The average molecular weight is 649 g/mol. The van der Waals surface area contributed by atoms with Crippen molar-refractivity contribution in [2.24, 2.45) is 0 Å². The van der Waals surface area contributed by atoms with Crippen molar-refractivity contribution in [1.29, 1.82) is 5.26 Å². The lowest BCUT2D eigenvalue weighted by Crippen LogP contribution is -2.43. The second-order valence-electron chi connectivity index (χ2n) is 12.0. The van der Waals surface area contributed by atoms with Crippen molar-refractivity contribution < 1.29 is 13.8 Å². The van der Waals surface area contributed by atoms with Gasteiger partial charge >= 0.3 is 5.69 Å². The molecule has 1 saturated heterocycles. The van der Waals surface area contributed by atoms with Crippen molar-refractivity contribution >= 4 is 41.8 Å². The molecule has 1 aliphatic heterocycles. The van der Waals surface area contributed by atoms with Crippen molar-refractivity contribution in [2.45, 2.75) is 89.5 Å². The van der Waals surface area contributed by atoms with E-state index in [1.54, 1.807) is 13.1 Å². The van der Waals surface area contributed by atoms with E-state index in [1.165, 1.54) is 16.3 Å². The molecule has 0 aliphatic carbocycles. The highest BCUT2D eigenvalue weighted by atomic mass is 32.2. The van der Waals surface area contributed by atoms with Gasteiger partial charge in [0.25, 0.3) is 14.1 Å². The molecule has 45 heavy (non-hydrogen) atoms. The molecule has 3 aromatic carbocycles. The highest BCUT2D eigenvalue weighted by molar-refractivity contribution is 7.99. The van der Waals surface area contributed by atoms with Crippen LogP contribution in [-0.4, -0.2) is 45.1 Å². The average Bonchev–Trinajstić information content (AvgIpc) is 3.32. The largest absolute Gasteiger partial charge is 0.340 e. The summed E-state index contributed by atoms with van der Waals surface area (Å²) in [4.78, 5) is 28.3. The molecule has 0 amide bonds. The lowest BCUT2D eigenvalue weighted by atomic mass is 9.98. The van der Waals surface area contributed by atoms with Gasteiger partial charge in [0.1, 0.15) is 0 Å². The Labute approximate surface area is 269 Å². The summed E-state index contributed by atoms with van der Waals surface area (Å²) in [5.74, 6) is 0.545. The maximum Gasteiger partial charge on any atom is 0.331 e. The molecule has 0 saturated carbocycles. The third-order valence-corrected chi connectivity index (χ3v) is 11.6. The van der Waals surface area contributed by atoms with Crippen LogP contribution in [0.5, 0.6) is 0 Å². The van der Waals surface area contributed by atoms with Gasteiger partial charge in [-0.25, -0.2) is 9.46 Å². The Balaban J connectivity index is 1.55. The Morgan fingerprint density at radius 1 is 1.11 bits per heavy atom. The van der Waals surface area contributed by atoms with Crippen molar-refractivity contribution in [3.8, 4) is 6.07 Å². The van der Waals surface area contributed by atoms with E-state index in [1.807, 2.05) is 31.2 Å². The van der Waals surface area contributed by atoms with Gasteiger partial charge in [0.05, 0.1) is 31.3 Å². The molecular weight excluding hydrogens is 607 g/mol. The number of nitriles is 1. The molecule has 1 aromatic heterocycles. The molecule has 1 unspecified atom stereocenters. The first-order valence-electron chi connectivity index (χ1n) is 15.3. The predicted octanol–water partition coefficient (Wildman–Crippen LogP) is 7.17. The summed E-state index contributed by atoms with van der Waals surface area (Å²) < 4.78 is 23.4. The van der Waals surface area contributed by atoms with Crippen LogP contribution in [0, 0.1) is 18.3 Å². The molecular formula is C34H41N4O5PS. The van der Waals surface area contributed by atoms with E-state index >= 15 is 0 Å². The number of aromatic amines is 1. The molecule has 1 N–H and O–H groups in total. The molecule has 1 fully saturated rings. The summed E-state index contributed by atoms with van der Waals surface area (Å²) in [6.07, 6.45) is 1.37. The highest BCUT2D eigenvalue weighted by Crippen LogP contribution is 2.53. The van der Waals surface area contributed by atoms with E-state index in [4.69, 9.17) is 19.0 Å². The fourth-order valence-electron chi connectivity index (χ4n) is 5.95. The SMILES string of the molecule is Cc1cn([C@@]2(SCc3c4ccccc4cc4ccccc34)C[C@H](OP(OCCC#N)N(C(C)C)C(C)C)[C@@H](C)O2)c(=O)[nH]c1=O. The first-order chi connectivity index (χ1) is 21.5. The topological polar surface area (TPSA) is 110 Å². The van der Waals surface area contributed by atoms with E-state index in [0.29, 0.717) is 17.7 Å². The molecule has 0 spiro atoms.